The molecule has 0 aliphatic heterocycles. The maximum absolute atomic E-state index is 12.9. The lowest BCUT2D eigenvalue weighted by Gasteiger charge is -2.14. The normalized spacial score (nSPS) is 13.0. The number of hydrogen-bond donors (Lipinski definition) is 1. The van der Waals surface area contributed by atoms with Crippen molar-refractivity contribution in [2.45, 2.75) is 19.5 Å². The van der Waals surface area contributed by atoms with E-state index in [9.17, 15) is 13.2 Å². The zero-order valence-corrected chi connectivity index (χ0v) is 15.7. The fraction of sp³-hybridized carbons (Fsp3) is 0.263. The molecule has 0 fully saturated rings. The number of nitrogens with one attached hydrogen (secondary N) is 1. The quantitative estimate of drug-likeness (QED) is 0.547. The molecule has 10 heteroatoms. The van der Waals surface area contributed by atoms with Crippen LogP contribution in [0.25, 0.3) is 16.8 Å². The molecular weight excluding hydrogens is 383 g/mol. The Morgan fingerprint density at radius 1 is 1.07 bits per heavy atom. The predicted octanol–water partition coefficient (Wildman–Crippen LogP) is 4.01. The standard InChI is InChI=1S/C19H18F3N7/c1-12(19(20,21)22)9-17-26-27-18-11-14(5-8-29(17)18)13-3-6-23-15(10-13)25-16-4-7-24-28(16)2/h3-8,10-12H,9H2,1-2H3,(H,23,25). The molecule has 1 unspecified atom stereocenters. The highest BCUT2D eigenvalue weighted by Crippen LogP contribution is 2.29. The van der Waals surface area contributed by atoms with Crippen LogP contribution in [0.3, 0.4) is 0 Å². The fourth-order valence-corrected chi connectivity index (χ4v) is 2.95. The maximum Gasteiger partial charge on any atom is 0.391 e. The van der Waals surface area contributed by atoms with Crippen LogP contribution in [0, 0.1) is 5.92 Å². The molecule has 0 spiro atoms. The number of fused-ring (bicyclic) bond motifs is 1. The van der Waals surface area contributed by atoms with E-state index in [1.807, 2.05) is 31.3 Å². The molecule has 7 nitrogen and oxygen atoms in total. The van der Waals surface area contributed by atoms with Crippen LogP contribution in [0.5, 0.6) is 0 Å². The molecule has 29 heavy (non-hydrogen) atoms. The molecule has 4 aromatic rings. The van der Waals surface area contributed by atoms with Crippen molar-refractivity contribution < 1.29 is 13.2 Å². The monoisotopic (exact) mass is 401 g/mol. The second kappa shape index (κ2) is 7.19. The summed E-state index contributed by atoms with van der Waals surface area (Å²) in [6.45, 7) is 1.14. The Kier molecular flexibility index (Phi) is 4.69. The molecule has 0 saturated carbocycles. The van der Waals surface area contributed by atoms with Gasteiger partial charge in [0.15, 0.2) is 5.65 Å². The van der Waals surface area contributed by atoms with E-state index in [0.717, 1.165) is 23.9 Å². The van der Waals surface area contributed by atoms with Crippen LogP contribution in [0.1, 0.15) is 12.7 Å². The van der Waals surface area contributed by atoms with Gasteiger partial charge in [-0.15, -0.1) is 10.2 Å². The van der Waals surface area contributed by atoms with Crippen molar-refractivity contribution in [3.63, 3.8) is 0 Å². The third kappa shape index (κ3) is 3.91. The van der Waals surface area contributed by atoms with E-state index in [1.54, 1.807) is 33.7 Å². The third-order valence-corrected chi connectivity index (χ3v) is 4.70. The van der Waals surface area contributed by atoms with Gasteiger partial charge in [-0.05, 0) is 35.4 Å². The van der Waals surface area contributed by atoms with Crippen LogP contribution in [0.15, 0.2) is 48.9 Å². The fourth-order valence-electron chi connectivity index (χ4n) is 2.95. The highest BCUT2D eigenvalue weighted by molar-refractivity contribution is 5.70. The molecule has 0 saturated heterocycles. The molecule has 4 heterocycles. The first-order valence-electron chi connectivity index (χ1n) is 8.93. The van der Waals surface area contributed by atoms with Crippen LogP contribution in [0.2, 0.25) is 0 Å². The smallest absolute Gasteiger partial charge is 0.325 e. The van der Waals surface area contributed by atoms with E-state index in [1.165, 1.54) is 0 Å². The second-order valence-electron chi connectivity index (χ2n) is 6.80. The summed E-state index contributed by atoms with van der Waals surface area (Å²) in [6.07, 6.45) is 0.566. The number of rotatable bonds is 5. The Balaban J connectivity index is 1.60. The lowest BCUT2D eigenvalue weighted by molar-refractivity contribution is -0.169. The van der Waals surface area contributed by atoms with E-state index in [-0.39, 0.29) is 12.2 Å². The Bertz CT molecular complexity index is 1150. The Morgan fingerprint density at radius 3 is 2.59 bits per heavy atom. The molecule has 1 atom stereocenters. The lowest BCUT2D eigenvalue weighted by Crippen LogP contribution is -2.22. The van der Waals surface area contributed by atoms with E-state index in [4.69, 9.17) is 0 Å². The van der Waals surface area contributed by atoms with Crippen molar-refractivity contribution in [2.24, 2.45) is 13.0 Å². The largest absolute Gasteiger partial charge is 0.391 e. The first-order chi connectivity index (χ1) is 13.8. The zero-order valence-electron chi connectivity index (χ0n) is 15.7. The Labute approximate surface area is 164 Å². The molecule has 0 bridgehead atoms. The minimum absolute atomic E-state index is 0.224. The number of anilines is 2. The summed E-state index contributed by atoms with van der Waals surface area (Å²) in [5, 5.41) is 15.3. The summed E-state index contributed by atoms with van der Waals surface area (Å²) < 4.78 is 41.8. The molecule has 0 aliphatic rings. The highest BCUT2D eigenvalue weighted by Gasteiger charge is 2.36. The zero-order chi connectivity index (χ0) is 20.6. The minimum atomic E-state index is -4.26. The number of aryl methyl sites for hydroxylation is 1. The summed E-state index contributed by atoms with van der Waals surface area (Å²) in [4.78, 5) is 4.31. The van der Waals surface area contributed by atoms with Gasteiger partial charge in [0.1, 0.15) is 17.5 Å². The molecule has 4 aromatic heterocycles. The number of alkyl halides is 3. The summed E-state index contributed by atoms with van der Waals surface area (Å²) >= 11 is 0. The lowest BCUT2D eigenvalue weighted by atomic mass is 10.1. The predicted molar refractivity (Wildman–Crippen MR) is 102 cm³/mol. The van der Waals surface area contributed by atoms with Gasteiger partial charge in [0, 0.05) is 31.9 Å². The van der Waals surface area contributed by atoms with E-state index < -0.39 is 12.1 Å². The van der Waals surface area contributed by atoms with Crippen LogP contribution in [0.4, 0.5) is 24.8 Å². The minimum Gasteiger partial charge on any atom is -0.325 e. The molecule has 0 amide bonds. The Morgan fingerprint density at radius 2 is 1.86 bits per heavy atom. The van der Waals surface area contributed by atoms with E-state index in [2.05, 4.69) is 25.6 Å². The third-order valence-electron chi connectivity index (χ3n) is 4.70. The average Bonchev–Trinajstić information content (AvgIpc) is 3.27. The Hall–Kier alpha value is -3.43. The molecule has 150 valence electrons. The molecule has 0 radical (unpaired) electrons. The first-order valence-corrected chi connectivity index (χ1v) is 8.93. The van der Waals surface area contributed by atoms with Gasteiger partial charge in [-0.1, -0.05) is 6.92 Å². The molecular formula is C19H18F3N7. The number of halogens is 3. The molecule has 4 rings (SSSR count). The van der Waals surface area contributed by atoms with Crippen molar-refractivity contribution in [1.82, 2.24) is 29.4 Å². The maximum atomic E-state index is 12.9. The molecule has 1 N–H and O–H groups in total. The number of nitrogens with zero attached hydrogens (tertiary/aromatic N) is 6. The van der Waals surface area contributed by atoms with Crippen LogP contribution < -0.4 is 5.32 Å². The molecule has 0 aliphatic carbocycles. The number of pyridine rings is 2. The van der Waals surface area contributed by atoms with Crippen molar-refractivity contribution in [3.05, 3.63) is 54.7 Å². The van der Waals surface area contributed by atoms with Crippen molar-refractivity contribution in [1.29, 1.82) is 0 Å². The van der Waals surface area contributed by atoms with Gasteiger partial charge in [0.25, 0.3) is 0 Å². The van der Waals surface area contributed by atoms with Crippen LogP contribution in [-0.4, -0.2) is 35.5 Å². The summed E-state index contributed by atoms with van der Waals surface area (Å²) in [5.41, 5.74) is 2.24. The summed E-state index contributed by atoms with van der Waals surface area (Å²) in [7, 11) is 1.82. The first kappa shape index (κ1) is 18.9. The van der Waals surface area contributed by atoms with Crippen molar-refractivity contribution in [2.75, 3.05) is 5.32 Å². The average molecular weight is 401 g/mol. The SMILES string of the molecule is CC(Cc1nnc2cc(-c3ccnc(Nc4ccnn4C)c3)ccn12)C(F)(F)F. The highest BCUT2D eigenvalue weighted by atomic mass is 19.4. The van der Waals surface area contributed by atoms with E-state index >= 15 is 0 Å². The number of hydrogen-bond acceptors (Lipinski definition) is 5. The van der Waals surface area contributed by atoms with Crippen molar-refractivity contribution >= 4 is 17.3 Å². The van der Waals surface area contributed by atoms with E-state index in [0.29, 0.717) is 11.5 Å². The van der Waals surface area contributed by atoms with Crippen LogP contribution >= 0.6 is 0 Å². The van der Waals surface area contributed by atoms with Gasteiger partial charge in [-0.25, -0.2) is 4.98 Å². The van der Waals surface area contributed by atoms with Gasteiger partial charge >= 0.3 is 6.18 Å². The molecule has 0 aromatic carbocycles. The summed E-state index contributed by atoms with van der Waals surface area (Å²) in [6, 6.07) is 9.17. The van der Waals surface area contributed by atoms with Crippen LogP contribution in [-0.2, 0) is 13.5 Å². The van der Waals surface area contributed by atoms with Gasteiger partial charge < -0.3 is 5.32 Å². The van der Waals surface area contributed by atoms with Gasteiger partial charge in [-0.3, -0.25) is 9.08 Å². The topological polar surface area (TPSA) is 72.9 Å². The second-order valence-corrected chi connectivity index (χ2v) is 6.80. The van der Waals surface area contributed by atoms with Crippen molar-refractivity contribution in [3.8, 4) is 11.1 Å². The number of aromatic nitrogens is 6. The van der Waals surface area contributed by atoms with Gasteiger partial charge in [0.2, 0.25) is 0 Å². The van der Waals surface area contributed by atoms with Gasteiger partial charge in [0.05, 0.1) is 12.1 Å². The summed E-state index contributed by atoms with van der Waals surface area (Å²) in [5.74, 6) is 0.234. The van der Waals surface area contributed by atoms with Gasteiger partial charge in [-0.2, -0.15) is 18.3 Å².